The zero-order valence-electron chi connectivity index (χ0n) is 8.35. The first-order valence-electron chi connectivity index (χ1n) is 4.81. The van der Waals surface area contributed by atoms with Gasteiger partial charge in [0.15, 0.2) is 0 Å². The Kier molecular flexibility index (Phi) is 4.59. The van der Waals surface area contributed by atoms with E-state index in [1.807, 2.05) is 37.3 Å². The minimum Gasteiger partial charge on any atom is -0.395 e. The van der Waals surface area contributed by atoms with Crippen LogP contribution in [0.5, 0.6) is 0 Å². The van der Waals surface area contributed by atoms with Crippen LogP contribution in [0.25, 0.3) is 0 Å². The summed E-state index contributed by atoms with van der Waals surface area (Å²) in [4.78, 5) is 0. The van der Waals surface area contributed by atoms with Gasteiger partial charge in [0.25, 0.3) is 0 Å². The van der Waals surface area contributed by atoms with Crippen LogP contribution in [0.15, 0.2) is 30.3 Å². The van der Waals surface area contributed by atoms with Crippen molar-refractivity contribution in [2.75, 3.05) is 13.2 Å². The molecule has 0 aliphatic carbocycles. The number of nitrogens with one attached hydrogen (secondary N) is 1. The maximum absolute atomic E-state index is 9.72. The molecule has 78 valence electrons. The Labute approximate surface area is 84.4 Å². The van der Waals surface area contributed by atoms with E-state index < -0.39 is 6.10 Å². The predicted octanol–water partition coefficient (Wildman–Crippen LogP) is 0.690. The van der Waals surface area contributed by atoms with Crippen molar-refractivity contribution in [3.63, 3.8) is 0 Å². The van der Waals surface area contributed by atoms with E-state index >= 15 is 0 Å². The number of hydrogen-bond donors (Lipinski definition) is 3. The summed E-state index contributed by atoms with van der Waals surface area (Å²) in [6.07, 6.45) is -0.509. The van der Waals surface area contributed by atoms with E-state index in [-0.39, 0.29) is 12.6 Å². The van der Waals surface area contributed by atoms with Crippen molar-refractivity contribution < 1.29 is 10.2 Å². The van der Waals surface area contributed by atoms with Crippen molar-refractivity contribution in [1.29, 1.82) is 0 Å². The third-order valence-corrected chi connectivity index (χ3v) is 2.12. The first-order valence-corrected chi connectivity index (χ1v) is 4.81. The fourth-order valence-corrected chi connectivity index (χ4v) is 1.17. The molecule has 0 aliphatic heterocycles. The molecule has 14 heavy (non-hydrogen) atoms. The first-order chi connectivity index (χ1) is 6.74. The Morgan fingerprint density at radius 3 is 2.50 bits per heavy atom. The third-order valence-electron chi connectivity index (χ3n) is 2.12. The number of benzene rings is 1. The molecule has 3 nitrogen and oxygen atoms in total. The van der Waals surface area contributed by atoms with Crippen molar-refractivity contribution in [3.8, 4) is 0 Å². The number of aliphatic hydroxyl groups is 2. The molecule has 2 unspecified atom stereocenters. The molecule has 0 spiro atoms. The molecular weight excluding hydrogens is 178 g/mol. The highest BCUT2D eigenvalue weighted by molar-refractivity contribution is 5.17. The molecule has 0 saturated heterocycles. The molecule has 3 N–H and O–H groups in total. The van der Waals surface area contributed by atoms with E-state index in [1.54, 1.807) is 0 Å². The second kappa shape index (κ2) is 5.75. The maximum atomic E-state index is 9.72. The molecule has 1 aromatic rings. The lowest BCUT2D eigenvalue weighted by molar-refractivity contribution is 0.161. The summed E-state index contributed by atoms with van der Waals surface area (Å²) in [5.74, 6) is 0. The van der Waals surface area contributed by atoms with Gasteiger partial charge in [-0.15, -0.1) is 0 Å². The molecule has 0 aromatic heterocycles. The standard InChI is InChI=1S/C11H17NO2/c1-9(8-13)12-7-11(14)10-5-3-2-4-6-10/h2-6,9,11-14H,7-8H2,1H3. The fraction of sp³-hybridized carbons (Fsp3) is 0.455. The Hall–Kier alpha value is -0.900. The average Bonchev–Trinajstić information content (AvgIpc) is 2.26. The summed E-state index contributed by atoms with van der Waals surface area (Å²) < 4.78 is 0. The minimum atomic E-state index is -0.509. The molecular formula is C11H17NO2. The van der Waals surface area contributed by atoms with Gasteiger partial charge in [-0.3, -0.25) is 0 Å². The lowest BCUT2D eigenvalue weighted by atomic mass is 10.1. The van der Waals surface area contributed by atoms with Gasteiger partial charge >= 0.3 is 0 Å². The lowest BCUT2D eigenvalue weighted by Crippen LogP contribution is -2.32. The smallest absolute Gasteiger partial charge is 0.0914 e. The van der Waals surface area contributed by atoms with Crippen LogP contribution in [0, 0.1) is 0 Å². The minimum absolute atomic E-state index is 0.0216. The molecule has 1 aromatic carbocycles. The molecule has 3 heteroatoms. The maximum Gasteiger partial charge on any atom is 0.0914 e. The second-order valence-corrected chi connectivity index (χ2v) is 3.42. The van der Waals surface area contributed by atoms with Gasteiger partial charge in [-0.1, -0.05) is 30.3 Å². The first kappa shape index (κ1) is 11.2. The molecule has 0 heterocycles. The molecule has 0 bridgehead atoms. The molecule has 1 rings (SSSR count). The van der Waals surface area contributed by atoms with E-state index in [4.69, 9.17) is 5.11 Å². The lowest BCUT2D eigenvalue weighted by Gasteiger charge is -2.15. The summed E-state index contributed by atoms with van der Waals surface area (Å²) in [7, 11) is 0. The van der Waals surface area contributed by atoms with Crippen LogP contribution in [0.3, 0.4) is 0 Å². The number of hydrogen-bond acceptors (Lipinski definition) is 3. The molecule has 0 saturated carbocycles. The Balaban J connectivity index is 2.39. The topological polar surface area (TPSA) is 52.5 Å². The molecule has 2 atom stereocenters. The normalized spacial score (nSPS) is 15.1. The molecule has 0 aliphatic rings. The quantitative estimate of drug-likeness (QED) is 0.648. The molecule has 0 amide bonds. The highest BCUT2D eigenvalue weighted by Crippen LogP contribution is 2.10. The van der Waals surface area contributed by atoms with Gasteiger partial charge in [-0.25, -0.2) is 0 Å². The molecule has 0 radical (unpaired) electrons. The zero-order chi connectivity index (χ0) is 10.4. The van der Waals surface area contributed by atoms with Crippen LogP contribution in [0.2, 0.25) is 0 Å². The van der Waals surface area contributed by atoms with Crippen molar-refractivity contribution >= 4 is 0 Å². The van der Waals surface area contributed by atoms with Crippen LogP contribution in [0.4, 0.5) is 0 Å². The van der Waals surface area contributed by atoms with E-state index in [1.165, 1.54) is 0 Å². The summed E-state index contributed by atoms with van der Waals surface area (Å²) in [6, 6.07) is 9.50. The van der Waals surface area contributed by atoms with E-state index in [9.17, 15) is 5.11 Å². The SMILES string of the molecule is CC(CO)NCC(O)c1ccccc1. The van der Waals surface area contributed by atoms with Gasteiger partial charge in [0.2, 0.25) is 0 Å². The van der Waals surface area contributed by atoms with E-state index in [2.05, 4.69) is 5.32 Å². The van der Waals surface area contributed by atoms with Gasteiger partial charge in [0.05, 0.1) is 12.7 Å². The summed E-state index contributed by atoms with van der Waals surface area (Å²) in [6.45, 7) is 2.42. The van der Waals surface area contributed by atoms with E-state index in [0.717, 1.165) is 5.56 Å². The Morgan fingerprint density at radius 1 is 1.29 bits per heavy atom. The average molecular weight is 195 g/mol. The highest BCUT2D eigenvalue weighted by atomic mass is 16.3. The summed E-state index contributed by atoms with van der Waals surface area (Å²) >= 11 is 0. The Morgan fingerprint density at radius 2 is 1.93 bits per heavy atom. The van der Waals surface area contributed by atoms with Crippen LogP contribution < -0.4 is 5.32 Å². The van der Waals surface area contributed by atoms with Crippen molar-refractivity contribution in [2.45, 2.75) is 19.1 Å². The van der Waals surface area contributed by atoms with Crippen molar-refractivity contribution in [1.82, 2.24) is 5.32 Å². The van der Waals surface area contributed by atoms with Crippen molar-refractivity contribution in [2.24, 2.45) is 0 Å². The largest absolute Gasteiger partial charge is 0.395 e. The molecule has 0 fully saturated rings. The van der Waals surface area contributed by atoms with E-state index in [0.29, 0.717) is 6.54 Å². The fourth-order valence-electron chi connectivity index (χ4n) is 1.17. The number of aliphatic hydroxyl groups excluding tert-OH is 2. The monoisotopic (exact) mass is 195 g/mol. The van der Waals surface area contributed by atoms with Crippen molar-refractivity contribution in [3.05, 3.63) is 35.9 Å². The number of rotatable bonds is 5. The van der Waals surface area contributed by atoms with Gasteiger partial charge in [0, 0.05) is 12.6 Å². The predicted molar refractivity (Wildman–Crippen MR) is 56.0 cm³/mol. The van der Waals surface area contributed by atoms with Crippen LogP contribution in [-0.4, -0.2) is 29.4 Å². The second-order valence-electron chi connectivity index (χ2n) is 3.42. The van der Waals surface area contributed by atoms with Gasteiger partial charge in [-0.2, -0.15) is 0 Å². The summed E-state index contributed by atoms with van der Waals surface area (Å²) in [5, 5.41) is 21.5. The van der Waals surface area contributed by atoms with Gasteiger partial charge in [0.1, 0.15) is 0 Å². The van der Waals surface area contributed by atoms with Gasteiger partial charge in [-0.05, 0) is 12.5 Å². The van der Waals surface area contributed by atoms with Gasteiger partial charge < -0.3 is 15.5 Å². The zero-order valence-corrected chi connectivity index (χ0v) is 8.35. The van der Waals surface area contributed by atoms with Crippen LogP contribution >= 0.6 is 0 Å². The third kappa shape index (κ3) is 3.46. The highest BCUT2D eigenvalue weighted by Gasteiger charge is 2.07. The van der Waals surface area contributed by atoms with Crippen LogP contribution in [-0.2, 0) is 0 Å². The Bertz CT molecular complexity index is 251. The summed E-state index contributed by atoms with van der Waals surface area (Å²) in [5.41, 5.74) is 0.894. The van der Waals surface area contributed by atoms with Crippen LogP contribution in [0.1, 0.15) is 18.6 Å².